The lowest BCUT2D eigenvalue weighted by atomic mass is 10.1. The van der Waals surface area contributed by atoms with Gasteiger partial charge in [-0.3, -0.25) is 4.79 Å². The topological polar surface area (TPSA) is 74.6 Å². The maximum absolute atomic E-state index is 12.4. The molecule has 0 saturated heterocycles. The molecule has 0 unspecified atom stereocenters. The fourth-order valence-corrected chi connectivity index (χ4v) is 2.57. The number of aromatic nitrogens is 2. The molecule has 0 aliphatic carbocycles. The van der Waals surface area contributed by atoms with Crippen LogP contribution >= 0.6 is 0 Å². The number of carbonyl (C=O) groups is 1. The number of nitrogens with one attached hydrogen (secondary N) is 1. The van der Waals surface area contributed by atoms with Gasteiger partial charge in [0.25, 0.3) is 5.91 Å². The zero-order chi connectivity index (χ0) is 18.2. The second kappa shape index (κ2) is 9.08. The zero-order valence-corrected chi connectivity index (χ0v) is 15.2. The molecule has 0 spiro atoms. The highest BCUT2D eigenvalue weighted by Crippen LogP contribution is 2.24. The maximum atomic E-state index is 12.4. The zero-order valence-electron chi connectivity index (χ0n) is 15.2. The molecule has 136 valence electrons. The van der Waals surface area contributed by atoms with E-state index in [0.717, 1.165) is 18.1 Å². The van der Waals surface area contributed by atoms with E-state index in [2.05, 4.69) is 14.9 Å². The molecule has 0 aliphatic heterocycles. The largest absolute Gasteiger partial charge is 0.497 e. The van der Waals surface area contributed by atoms with Gasteiger partial charge in [-0.05, 0) is 19.1 Å². The Morgan fingerprint density at radius 2 is 2.04 bits per heavy atom. The molecule has 0 atom stereocenters. The summed E-state index contributed by atoms with van der Waals surface area (Å²) in [5.41, 5.74) is 1.55. The molecular weight excluding hydrogens is 322 g/mol. The van der Waals surface area contributed by atoms with Gasteiger partial charge in [-0.25, -0.2) is 4.98 Å². The number of hydrogen-bond donors (Lipinski definition) is 1. The average Bonchev–Trinajstić information content (AvgIpc) is 2.98. The highest BCUT2D eigenvalue weighted by atomic mass is 16.5. The van der Waals surface area contributed by atoms with Crippen LogP contribution in [-0.4, -0.2) is 49.9 Å². The molecule has 1 aromatic heterocycles. The fourth-order valence-electron chi connectivity index (χ4n) is 2.57. The number of methoxy groups -OCH3 is 3. The van der Waals surface area contributed by atoms with Crippen molar-refractivity contribution in [1.82, 2.24) is 14.9 Å². The Kier molecular flexibility index (Phi) is 6.82. The number of hydrogen-bond acceptors (Lipinski definition) is 5. The molecule has 1 N–H and O–H groups in total. The van der Waals surface area contributed by atoms with E-state index in [4.69, 9.17) is 14.2 Å². The molecule has 1 amide bonds. The summed E-state index contributed by atoms with van der Waals surface area (Å²) < 4.78 is 17.6. The number of nitrogens with zero attached hydrogens (tertiary/aromatic N) is 2. The van der Waals surface area contributed by atoms with Crippen molar-refractivity contribution in [1.29, 1.82) is 0 Å². The Labute approximate surface area is 147 Å². The number of aryl methyl sites for hydroxylation is 1. The summed E-state index contributed by atoms with van der Waals surface area (Å²) in [5.74, 6) is 1.86. The van der Waals surface area contributed by atoms with Crippen molar-refractivity contribution in [2.24, 2.45) is 0 Å². The predicted octanol–water partition coefficient (Wildman–Crippen LogP) is 1.83. The first-order valence-electron chi connectivity index (χ1n) is 8.10. The van der Waals surface area contributed by atoms with Gasteiger partial charge in [-0.15, -0.1) is 0 Å². The van der Waals surface area contributed by atoms with Crippen molar-refractivity contribution >= 4 is 5.91 Å². The standard InChI is InChI=1S/C18H25N3O4/c1-13-12-20-17(21(13)9-10-23-2)7-8-19-18(22)15-6-5-14(24-3)11-16(15)25-4/h5-6,11-12H,7-10H2,1-4H3,(H,19,22). The second-order valence-electron chi connectivity index (χ2n) is 5.53. The highest BCUT2D eigenvalue weighted by Gasteiger charge is 2.14. The van der Waals surface area contributed by atoms with Gasteiger partial charge in [0, 0.05) is 44.6 Å². The van der Waals surface area contributed by atoms with Crippen LogP contribution in [0.3, 0.4) is 0 Å². The van der Waals surface area contributed by atoms with Crippen molar-refractivity contribution in [3.63, 3.8) is 0 Å². The Morgan fingerprint density at radius 1 is 1.24 bits per heavy atom. The Bertz CT molecular complexity index is 712. The lowest BCUT2D eigenvalue weighted by Crippen LogP contribution is -2.27. The molecule has 0 saturated carbocycles. The number of benzene rings is 1. The van der Waals surface area contributed by atoms with Gasteiger partial charge in [-0.2, -0.15) is 0 Å². The van der Waals surface area contributed by atoms with Crippen LogP contribution in [0.25, 0.3) is 0 Å². The van der Waals surface area contributed by atoms with E-state index >= 15 is 0 Å². The highest BCUT2D eigenvalue weighted by molar-refractivity contribution is 5.97. The smallest absolute Gasteiger partial charge is 0.255 e. The quantitative estimate of drug-likeness (QED) is 0.749. The van der Waals surface area contributed by atoms with Gasteiger partial charge < -0.3 is 24.1 Å². The van der Waals surface area contributed by atoms with E-state index in [-0.39, 0.29) is 5.91 Å². The first-order valence-corrected chi connectivity index (χ1v) is 8.10. The molecular formula is C18H25N3O4. The summed E-state index contributed by atoms with van der Waals surface area (Å²) in [5, 5.41) is 2.91. The molecule has 2 rings (SSSR count). The van der Waals surface area contributed by atoms with Gasteiger partial charge in [0.1, 0.15) is 17.3 Å². The minimum absolute atomic E-state index is 0.189. The molecule has 2 aromatic rings. The normalized spacial score (nSPS) is 10.6. The van der Waals surface area contributed by atoms with Crippen LogP contribution in [0.5, 0.6) is 11.5 Å². The van der Waals surface area contributed by atoms with Crippen molar-refractivity contribution in [3.8, 4) is 11.5 Å². The molecule has 0 bridgehead atoms. The molecule has 1 heterocycles. The van der Waals surface area contributed by atoms with E-state index < -0.39 is 0 Å². The van der Waals surface area contributed by atoms with Crippen LogP contribution in [0.2, 0.25) is 0 Å². The predicted molar refractivity (Wildman–Crippen MR) is 94.4 cm³/mol. The summed E-state index contributed by atoms with van der Waals surface area (Å²) in [6, 6.07) is 5.12. The third-order valence-corrected chi connectivity index (χ3v) is 3.94. The van der Waals surface area contributed by atoms with Crippen LogP contribution in [0.4, 0.5) is 0 Å². The van der Waals surface area contributed by atoms with Crippen molar-refractivity contribution in [2.45, 2.75) is 19.9 Å². The molecule has 1 aromatic carbocycles. The van der Waals surface area contributed by atoms with E-state index in [0.29, 0.717) is 36.6 Å². The number of amides is 1. The van der Waals surface area contributed by atoms with Gasteiger partial charge in [-0.1, -0.05) is 0 Å². The first kappa shape index (κ1) is 18.8. The number of carbonyl (C=O) groups excluding carboxylic acids is 1. The average molecular weight is 347 g/mol. The van der Waals surface area contributed by atoms with E-state index in [1.807, 2.05) is 13.1 Å². The lowest BCUT2D eigenvalue weighted by molar-refractivity contribution is 0.0950. The molecule has 0 aliphatic rings. The van der Waals surface area contributed by atoms with Crippen LogP contribution in [0, 0.1) is 6.92 Å². The third kappa shape index (κ3) is 4.73. The van der Waals surface area contributed by atoms with Gasteiger partial charge in [0.2, 0.25) is 0 Å². The Morgan fingerprint density at radius 3 is 2.72 bits per heavy atom. The second-order valence-corrected chi connectivity index (χ2v) is 5.53. The number of ether oxygens (including phenoxy) is 3. The summed E-state index contributed by atoms with van der Waals surface area (Å²) in [6.45, 7) is 3.86. The summed E-state index contributed by atoms with van der Waals surface area (Å²) in [6.07, 6.45) is 2.47. The molecule has 25 heavy (non-hydrogen) atoms. The SMILES string of the molecule is COCCn1c(C)cnc1CCNC(=O)c1ccc(OC)cc1OC. The molecule has 7 heteroatoms. The lowest BCUT2D eigenvalue weighted by Gasteiger charge is -2.12. The van der Waals surface area contributed by atoms with E-state index in [1.165, 1.54) is 7.11 Å². The van der Waals surface area contributed by atoms with Crippen molar-refractivity contribution < 1.29 is 19.0 Å². The van der Waals surface area contributed by atoms with Gasteiger partial charge >= 0.3 is 0 Å². The minimum Gasteiger partial charge on any atom is -0.497 e. The fraction of sp³-hybridized carbons (Fsp3) is 0.444. The molecule has 7 nitrogen and oxygen atoms in total. The molecule has 0 radical (unpaired) electrons. The summed E-state index contributed by atoms with van der Waals surface area (Å²) >= 11 is 0. The summed E-state index contributed by atoms with van der Waals surface area (Å²) in [4.78, 5) is 16.8. The van der Waals surface area contributed by atoms with Crippen LogP contribution in [0.1, 0.15) is 21.9 Å². The number of rotatable bonds is 9. The van der Waals surface area contributed by atoms with Crippen molar-refractivity contribution in [2.75, 3.05) is 34.5 Å². The number of imidazole rings is 1. The Hall–Kier alpha value is -2.54. The summed E-state index contributed by atoms with van der Waals surface area (Å²) in [7, 11) is 4.78. The maximum Gasteiger partial charge on any atom is 0.255 e. The minimum atomic E-state index is -0.189. The van der Waals surface area contributed by atoms with Crippen LogP contribution in [0.15, 0.2) is 24.4 Å². The van der Waals surface area contributed by atoms with Crippen molar-refractivity contribution in [3.05, 3.63) is 41.5 Å². The molecule has 0 fully saturated rings. The van der Waals surface area contributed by atoms with Crippen LogP contribution < -0.4 is 14.8 Å². The Balaban J connectivity index is 1.97. The first-order chi connectivity index (χ1) is 12.1. The van der Waals surface area contributed by atoms with Gasteiger partial charge in [0.15, 0.2) is 0 Å². The van der Waals surface area contributed by atoms with E-state index in [9.17, 15) is 4.79 Å². The monoisotopic (exact) mass is 347 g/mol. The van der Waals surface area contributed by atoms with Gasteiger partial charge in [0.05, 0.1) is 26.4 Å². The van der Waals surface area contributed by atoms with E-state index in [1.54, 1.807) is 32.4 Å². The third-order valence-electron chi connectivity index (χ3n) is 3.94. The van der Waals surface area contributed by atoms with Crippen LogP contribution in [-0.2, 0) is 17.7 Å².